The zero-order valence-electron chi connectivity index (χ0n) is 15.7. The summed E-state index contributed by atoms with van der Waals surface area (Å²) in [5.74, 6) is -0.962. The van der Waals surface area contributed by atoms with Gasteiger partial charge in [0, 0.05) is 28.6 Å². The van der Waals surface area contributed by atoms with Crippen LogP contribution in [0, 0.1) is 15.9 Å². The highest BCUT2D eigenvalue weighted by Crippen LogP contribution is 2.34. The highest BCUT2D eigenvalue weighted by atomic mass is 35.5. The van der Waals surface area contributed by atoms with Crippen LogP contribution in [0.4, 0.5) is 15.8 Å². The van der Waals surface area contributed by atoms with Gasteiger partial charge in [-0.2, -0.15) is 0 Å². The van der Waals surface area contributed by atoms with Crippen molar-refractivity contribution in [1.29, 1.82) is 0 Å². The second-order valence-electron chi connectivity index (χ2n) is 6.44. The number of nitrogens with zero attached hydrogens (tertiary/aromatic N) is 2. The summed E-state index contributed by atoms with van der Waals surface area (Å²) < 4.78 is 14.1. The number of hydrogen-bond acceptors (Lipinski definition) is 5. The summed E-state index contributed by atoms with van der Waals surface area (Å²) in [6.07, 6.45) is 0. The molecule has 4 aromatic rings. The summed E-state index contributed by atoms with van der Waals surface area (Å²) in [5, 5.41) is 16.1. The number of nitrogens with one attached hydrogen (secondary N) is 1. The molecule has 3 aromatic carbocycles. The summed E-state index contributed by atoms with van der Waals surface area (Å²) in [6.45, 7) is 0. The van der Waals surface area contributed by atoms with E-state index in [0.717, 1.165) is 6.07 Å². The highest BCUT2D eigenvalue weighted by Gasteiger charge is 2.18. The monoisotopic (exact) mass is 453 g/mol. The van der Waals surface area contributed by atoms with Gasteiger partial charge in [-0.3, -0.25) is 14.9 Å². The van der Waals surface area contributed by atoms with Crippen LogP contribution in [-0.2, 0) is 0 Å². The number of carbonyl (C=O) groups is 1. The molecule has 0 bridgehead atoms. The lowest BCUT2D eigenvalue weighted by Gasteiger charge is -2.10. The van der Waals surface area contributed by atoms with E-state index in [4.69, 9.17) is 11.6 Å². The Bertz CT molecular complexity index is 1310. The molecular formula is C22H13ClFN3O3S. The predicted octanol–water partition coefficient (Wildman–Crippen LogP) is 6.43. The number of carbonyl (C=O) groups excluding carboxylic acids is 1. The molecule has 4 rings (SSSR count). The third kappa shape index (κ3) is 4.30. The minimum Gasteiger partial charge on any atom is -0.321 e. The summed E-state index contributed by atoms with van der Waals surface area (Å²) in [5.41, 5.74) is 1.76. The van der Waals surface area contributed by atoms with Crippen LogP contribution in [0.15, 0.2) is 72.1 Å². The van der Waals surface area contributed by atoms with E-state index in [9.17, 15) is 19.3 Å². The fourth-order valence-electron chi connectivity index (χ4n) is 2.96. The normalized spacial score (nSPS) is 10.6. The largest absolute Gasteiger partial charge is 0.321 e. The lowest BCUT2D eigenvalue weighted by Crippen LogP contribution is -2.13. The zero-order valence-corrected chi connectivity index (χ0v) is 17.3. The van der Waals surface area contributed by atoms with Gasteiger partial charge in [0.2, 0.25) is 0 Å². The van der Waals surface area contributed by atoms with Crippen molar-refractivity contribution >= 4 is 40.2 Å². The number of nitro groups is 1. The molecule has 0 aliphatic rings. The molecule has 1 heterocycles. The van der Waals surface area contributed by atoms with Crippen molar-refractivity contribution in [1.82, 2.24) is 4.98 Å². The van der Waals surface area contributed by atoms with Crippen LogP contribution in [0.5, 0.6) is 0 Å². The first kappa shape index (κ1) is 20.6. The minimum atomic E-state index is -0.597. The fraction of sp³-hybridized carbons (Fsp3) is 0. The SMILES string of the molecule is O=C(Nc1ccccc1-c1csc(-c2ccccc2F)n1)c1cc([N+](=O)[O-])ccc1Cl. The van der Waals surface area contributed by atoms with Gasteiger partial charge in [-0.05, 0) is 24.3 Å². The van der Waals surface area contributed by atoms with Crippen LogP contribution in [0.25, 0.3) is 21.8 Å². The number of para-hydroxylation sites is 1. The van der Waals surface area contributed by atoms with Crippen molar-refractivity contribution < 1.29 is 14.1 Å². The Morgan fingerprint density at radius 3 is 2.52 bits per heavy atom. The Morgan fingerprint density at radius 2 is 1.77 bits per heavy atom. The molecule has 0 unspecified atom stereocenters. The number of halogens is 2. The van der Waals surface area contributed by atoms with Crippen LogP contribution in [-0.4, -0.2) is 15.8 Å². The van der Waals surface area contributed by atoms with Crippen LogP contribution in [0.1, 0.15) is 10.4 Å². The molecule has 31 heavy (non-hydrogen) atoms. The number of non-ortho nitro benzene ring substituents is 1. The molecule has 0 radical (unpaired) electrons. The Balaban J connectivity index is 1.66. The van der Waals surface area contributed by atoms with Gasteiger partial charge in [0.25, 0.3) is 11.6 Å². The van der Waals surface area contributed by atoms with Crippen molar-refractivity contribution in [2.24, 2.45) is 0 Å². The van der Waals surface area contributed by atoms with Crippen molar-refractivity contribution in [2.45, 2.75) is 0 Å². The number of aromatic nitrogens is 1. The molecule has 154 valence electrons. The number of thiazole rings is 1. The molecule has 9 heteroatoms. The Labute approximate surface area is 185 Å². The molecule has 0 fully saturated rings. The van der Waals surface area contributed by atoms with Crippen molar-refractivity contribution in [3.8, 4) is 21.8 Å². The van der Waals surface area contributed by atoms with E-state index in [1.54, 1.807) is 47.8 Å². The second kappa shape index (κ2) is 8.63. The van der Waals surface area contributed by atoms with Gasteiger partial charge < -0.3 is 5.32 Å². The van der Waals surface area contributed by atoms with Gasteiger partial charge >= 0.3 is 0 Å². The van der Waals surface area contributed by atoms with E-state index >= 15 is 0 Å². The van der Waals surface area contributed by atoms with Crippen LogP contribution in [0.3, 0.4) is 0 Å². The number of amides is 1. The van der Waals surface area contributed by atoms with E-state index in [0.29, 0.717) is 27.5 Å². The quantitative estimate of drug-likeness (QED) is 0.278. The van der Waals surface area contributed by atoms with Gasteiger partial charge in [0.1, 0.15) is 10.8 Å². The first-order valence-electron chi connectivity index (χ1n) is 8.99. The standard InChI is InChI=1S/C22H13ClFN3O3S/c23-17-10-9-13(27(29)30)11-16(17)21(28)25-19-8-4-2-6-15(19)20-12-31-22(26-20)14-5-1-3-7-18(14)24/h1-12H,(H,25,28). The van der Waals surface area contributed by atoms with Gasteiger partial charge in [-0.15, -0.1) is 11.3 Å². The van der Waals surface area contributed by atoms with E-state index < -0.39 is 10.8 Å². The molecule has 0 spiro atoms. The van der Waals surface area contributed by atoms with E-state index in [1.807, 2.05) is 0 Å². The van der Waals surface area contributed by atoms with Crippen molar-refractivity contribution in [3.05, 3.63) is 98.6 Å². The zero-order chi connectivity index (χ0) is 22.0. The van der Waals surface area contributed by atoms with E-state index in [1.165, 1.54) is 29.5 Å². The average molecular weight is 454 g/mol. The van der Waals surface area contributed by atoms with Gasteiger partial charge in [0.15, 0.2) is 0 Å². The maximum absolute atomic E-state index is 14.1. The third-order valence-electron chi connectivity index (χ3n) is 4.47. The first-order chi connectivity index (χ1) is 14.9. The Kier molecular flexibility index (Phi) is 5.75. The molecule has 1 aromatic heterocycles. The average Bonchev–Trinajstić information content (AvgIpc) is 3.24. The number of benzene rings is 3. The topological polar surface area (TPSA) is 85.1 Å². The lowest BCUT2D eigenvalue weighted by atomic mass is 10.1. The van der Waals surface area contributed by atoms with Gasteiger partial charge in [-0.1, -0.05) is 41.9 Å². The van der Waals surface area contributed by atoms with E-state index in [2.05, 4.69) is 10.3 Å². The molecular weight excluding hydrogens is 441 g/mol. The summed E-state index contributed by atoms with van der Waals surface area (Å²) >= 11 is 7.36. The summed E-state index contributed by atoms with van der Waals surface area (Å²) in [7, 11) is 0. The van der Waals surface area contributed by atoms with Gasteiger partial charge in [-0.25, -0.2) is 9.37 Å². The van der Waals surface area contributed by atoms with Crippen molar-refractivity contribution in [3.63, 3.8) is 0 Å². The summed E-state index contributed by atoms with van der Waals surface area (Å²) in [6, 6.07) is 17.0. The third-order valence-corrected chi connectivity index (χ3v) is 5.67. The molecule has 0 saturated heterocycles. The molecule has 0 atom stereocenters. The van der Waals surface area contributed by atoms with Crippen LogP contribution < -0.4 is 5.32 Å². The number of rotatable bonds is 5. The molecule has 1 N–H and O–H groups in total. The van der Waals surface area contributed by atoms with Crippen LogP contribution in [0.2, 0.25) is 5.02 Å². The minimum absolute atomic E-state index is 0.0176. The lowest BCUT2D eigenvalue weighted by molar-refractivity contribution is -0.384. The number of hydrogen-bond donors (Lipinski definition) is 1. The smallest absolute Gasteiger partial charge is 0.270 e. The Morgan fingerprint density at radius 1 is 1.06 bits per heavy atom. The predicted molar refractivity (Wildman–Crippen MR) is 119 cm³/mol. The van der Waals surface area contributed by atoms with Gasteiger partial charge in [0.05, 0.1) is 26.9 Å². The molecule has 0 saturated carbocycles. The maximum atomic E-state index is 14.1. The number of nitro benzene ring substituents is 1. The van der Waals surface area contributed by atoms with Crippen molar-refractivity contribution in [2.75, 3.05) is 5.32 Å². The molecule has 0 aliphatic carbocycles. The molecule has 0 aliphatic heterocycles. The Hall–Kier alpha value is -3.62. The highest BCUT2D eigenvalue weighted by molar-refractivity contribution is 7.13. The number of anilines is 1. The van der Waals surface area contributed by atoms with E-state index in [-0.39, 0.29) is 22.1 Å². The fourth-order valence-corrected chi connectivity index (χ4v) is 4.01. The first-order valence-corrected chi connectivity index (χ1v) is 10.2. The molecule has 6 nitrogen and oxygen atoms in total. The molecule has 1 amide bonds. The maximum Gasteiger partial charge on any atom is 0.270 e. The summed E-state index contributed by atoms with van der Waals surface area (Å²) in [4.78, 5) is 27.7. The van der Waals surface area contributed by atoms with Crippen LogP contribution >= 0.6 is 22.9 Å². The second-order valence-corrected chi connectivity index (χ2v) is 7.70.